The summed E-state index contributed by atoms with van der Waals surface area (Å²) in [6.45, 7) is 13.6. The zero-order chi connectivity index (χ0) is 24.7. The maximum Gasteiger partial charge on any atom is 0.212 e. The first-order valence-electron chi connectivity index (χ1n) is 12.3. The van der Waals surface area contributed by atoms with E-state index >= 15 is 0 Å². The maximum absolute atomic E-state index is 6.72. The number of hydrogen-bond acceptors (Lipinski definition) is 5. The summed E-state index contributed by atoms with van der Waals surface area (Å²) in [5.74, 6) is 1.68. The number of benzene rings is 2. The summed E-state index contributed by atoms with van der Waals surface area (Å²) < 4.78 is 11.9. The van der Waals surface area contributed by atoms with Crippen molar-refractivity contribution in [3.63, 3.8) is 0 Å². The first-order chi connectivity index (χ1) is 16.3. The van der Waals surface area contributed by atoms with E-state index in [1.54, 1.807) is 11.8 Å². The van der Waals surface area contributed by atoms with Crippen LogP contribution in [0.4, 0.5) is 0 Å². The molecule has 0 aromatic heterocycles. The Labute approximate surface area is 214 Å². The minimum atomic E-state index is -0.580. The van der Waals surface area contributed by atoms with E-state index in [0.29, 0.717) is 25.0 Å². The Morgan fingerprint density at radius 1 is 1.03 bits per heavy atom. The molecule has 34 heavy (non-hydrogen) atoms. The molecule has 3 rings (SSSR count). The van der Waals surface area contributed by atoms with Gasteiger partial charge in [-0.15, -0.1) is 0 Å². The largest absolute Gasteiger partial charge is 0.480 e. The molecule has 0 aliphatic carbocycles. The van der Waals surface area contributed by atoms with Gasteiger partial charge in [-0.2, -0.15) is 0 Å². The van der Waals surface area contributed by atoms with Crippen molar-refractivity contribution in [2.24, 2.45) is 15.9 Å². The first kappa shape index (κ1) is 26.6. The Balaban J connectivity index is 1.77. The number of ether oxygens (including phenoxy) is 2. The Kier molecular flexibility index (Phi) is 9.49. The van der Waals surface area contributed by atoms with Crippen molar-refractivity contribution < 1.29 is 9.47 Å². The van der Waals surface area contributed by atoms with E-state index in [2.05, 4.69) is 70.2 Å². The lowest BCUT2D eigenvalue weighted by Crippen LogP contribution is -2.45. The number of aryl methyl sites for hydroxylation is 2. The number of halogens is 1. The summed E-state index contributed by atoms with van der Waals surface area (Å²) in [5.41, 5.74) is 1.86. The van der Waals surface area contributed by atoms with Crippen LogP contribution in [0.3, 0.4) is 0 Å². The van der Waals surface area contributed by atoms with Gasteiger partial charge in [0.25, 0.3) is 0 Å². The zero-order valence-corrected chi connectivity index (χ0v) is 22.8. The van der Waals surface area contributed by atoms with Gasteiger partial charge in [-0.3, -0.25) is 0 Å². The first-order valence-corrected chi connectivity index (χ1v) is 13.5. The minimum absolute atomic E-state index is 0.110. The highest BCUT2D eigenvalue weighted by molar-refractivity contribution is 7.99. The summed E-state index contributed by atoms with van der Waals surface area (Å²) >= 11 is 8.46. The van der Waals surface area contributed by atoms with Crippen LogP contribution < -0.4 is 0 Å². The quantitative estimate of drug-likeness (QED) is 0.355. The summed E-state index contributed by atoms with van der Waals surface area (Å²) in [4.78, 5) is 12.3. The predicted molar refractivity (Wildman–Crippen MR) is 145 cm³/mol. The smallest absolute Gasteiger partial charge is 0.212 e. The van der Waals surface area contributed by atoms with Crippen molar-refractivity contribution >= 4 is 35.2 Å². The molecule has 184 valence electrons. The normalized spacial score (nSPS) is 20.2. The molecule has 0 N–H and O–H groups in total. The van der Waals surface area contributed by atoms with Gasteiger partial charge in [0.2, 0.25) is 11.8 Å². The fourth-order valence-corrected chi connectivity index (χ4v) is 5.29. The van der Waals surface area contributed by atoms with Crippen LogP contribution in [0.1, 0.15) is 59.1 Å². The minimum Gasteiger partial charge on any atom is -0.480 e. The Hall–Kier alpha value is -1.98. The highest BCUT2D eigenvalue weighted by Gasteiger charge is 2.40. The molecule has 0 amide bonds. The van der Waals surface area contributed by atoms with Crippen LogP contribution in [0.15, 0.2) is 62.2 Å². The Morgan fingerprint density at radius 3 is 2.41 bits per heavy atom. The van der Waals surface area contributed by atoms with Gasteiger partial charge in [-0.05, 0) is 81.3 Å². The third-order valence-electron chi connectivity index (χ3n) is 5.98. The maximum atomic E-state index is 6.72. The molecule has 0 saturated carbocycles. The van der Waals surface area contributed by atoms with E-state index in [-0.39, 0.29) is 12.0 Å². The van der Waals surface area contributed by atoms with Crippen LogP contribution in [0.25, 0.3) is 0 Å². The summed E-state index contributed by atoms with van der Waals surface area (Å²) in [7, 11) is 0. The number of aliphatic imine (C=N–C) groups is 2. The molecule has 0 fully saturated rings. The molecule has 0 bridgehead atoms. The van der Waals surface area contributed by atoms with E-state index < -0.39 is 5.54 Å². The molecular formula is C28H37ClN2O2S. The lowest BCUT2D eigenvalue weighted by molar-refractivity contribution is 0.256. The fourth-order valence-electron chi connectivity index (χ4n) is 4.01. The van der Waals surface area contributed by atoms with Gasteiger partial charge >= 0.3 is 0 Å². The molecule has 1 aliphatic heterocycles. The van der Waals surface area contributed by atoms with Gasteiger partial charge in [-0.25, -0.2) is 9.98 Å². The molecule has 2 atom stereocenters. The van der Waals surface area contributed by atoms with E-state index in [9.17, 15) is 0 Å². The molecule has 6 heteroatoms. The van der Waals surface area contributed by atoms with Crippen molar-refractivity contribution in [3.05, 3.63) is 58.6 Å². The topological polar surface area (TPSA) is 43.2 Å². The van der Waals surface area contributed by atoms with Crippen molar-refractivity contribution in [2.45, 2.75) is 82.2 Å². The standard InChI is InChI=1S/C28H37ClN2O2S/c1-7-20-11-10-12-22(17-20)34-23-14-13-21(24(29)18-23)15-16-28(6)27(33-9-3)30-25(19(4)5)26(31-28)32-8-2/h10-14,17-19,25H,7-9,15-16H2,1-6H3/t25-,28?/m0/s1. The average Bonchev–Trinajstić information content (AvgIpc) is 2.80. The molecular weight excluding hydrogens is 464 g/mol. The third kappa shape index (κ3) is 6.57. The lowest BCUT2D eigenvalue weighted by atomic mass is 9.90. The second-order valence-corrected chi connectivity index (χ2v) is 10.6. The number of rotatable bonds is 9. The van der Waals surface area contributed by atoms with Gasteiger partial charge in [0.15, 0.2) is 0 Å². The van der Waals surface area contributed by atoms with Gasteiger partial charge in [0.1, 0.15) is 11.6 Å². The third-order valence-corrected chi connectivity index (χ3v) is 7.31. The van der Waals surface area contributed by atoms with Crippen molar-refractivity contribution in [3.8, 4) is 0 Å². The molecule has 1 unspecified atom stereocenters. The van der Waals surface area contributed by atoms with Crippen molar-refractivity contribution in [1.29, 1.82) is 0 Å². The van der Waals surface area contributed by atoms with Crippen LogP contribution in [0, 0.1) is 5.92 Å². The molecule has 1 heterocycles. The van der Waals surface area contributed by atoms with E-state index in [1.807, 2.05) is 13.8 Å². The van der Waals surface area contributed by atoms with Crippen molar-refractivity contribution in [1.82, 2.24) is 0 Å². The van der Waals surface area contributed by atoms with Gasteiger partial charge in [0, 0.05) is 14.8 Å². The van der Waals surface area contributed by atoms with Crippen LogP contribution in [0.2, 0.25) is 5.02 Å². The molecule has 1 aliphatic rings. The van der Waals surface area contributed by atoms with Crippen LogP contribution in [0.5, 0.6) is 0 Å². The molecule has 0 spiro atoms. The zero-order valence-electron chi connectivity index (χ0n) is 21.2. The van der Waals surface area contributed by atoms with E-state index in [1.165, 1.54) is 10.5 Å². The van der Waals surface area contributed by atoms with E-state index in [0.717, 1.165) is 34.7 Å². The number of nitrogens with zero attached hydrogens (tertiary/aromatic N) is 2. The second kappa shape index (κ2) is 12.1. The summed E-state index contributed by atoms with van der Waals surface area (Å²) in [6, 6.07) is 14.9. The van der Waals surface area contributed by atoms with Gasteiger partial charge < -0.3 is 9.47 Å². The van der Waals surface area contributed by atoms with Gasteiger partial charge in [-0.1, -0.05) is 62.3 Å². The predicted octanol–water partition coefficient (Wildman–Crippen LogP) is 7.65. The summed E-state index contributed by atoms with van der Waals surface area (Å²) in [5, 5.41) is 0.778. The van der Waals surface area contributed by atoms with Crippen LogP contribution in [-0.2, 0) is 22.3 Å². The molecule has 0 radical (unpaired) electrons. The van der Waals surface area contributed by atoms with E-state index in [4.69, 9.17) is 31.1 Å². The highest BCUT2D eigenvalue weighted by atomic mass is 35.5. The Morgan fingerprint density at radius 2 is 1.76 bits per heavy atom. The summed E-state index contributed by atoms with van der Waals surface area (Å²) in [6.07, 6.45) is 2.54. The molecule has 0 saturated heterocycles. The molecule has 2 aromatic rings. The molecule has 4 nitrogen and oxygen atoms in total. The second-order valence-electron chi connectivity index (χ2n) is 9.07. The van der Waals surface area contributed by atoms with Crippen LogP contribution in [-0.4, -0.2) is 36.6 Å². The van der Waals surface area contributed by atoms with Crippen LogP contribution >= 0.6 is 23.4 Å². The SMILES string of the molecule is CCOC1=NC(C)(CCc2ccc(Sc3cccc(CC)c3)cc2Cl)C(OCC)=N[C@H]1C(C)C. The lowest BCUT2D eigenvalue weighted by Gasteiger charge is -2.34. The van der Waals surface area contributed by atoms with Crippen molar-refractivity contribution in [2.75, 3.05) is 13.2 Å². The Bertz CT molecular complexity index is 1040. The molecule has 2 aromatic carbocycles. The fraction of sp³-hybridized carbons (Fsp3) is 0.500. The number of hydrogen-bond donors (Lipinski definition) is 0. The average molecular weight is 501 g/mol. The monoisotopic (exact) mass is 500 g/mol. The van der Waals surface area contributed by atoms with Gasteiger partial charge in [0.05, 0.1) is 13.2 Å². The highest BCUT2D eigenvalue weighted by Crippen LogP contribution is 2.34.